The summed E-state index contributed by atoms with van der Waals surface area (Å²) in [4.78, 5) is 12.9. The second kappa shape index (κ2) is 6.71. The van der Waals surface area contributed by atoms with E-state index in [1.54, 1.807) is 11.3 Å². The number of hydrogen-bond donors (Lipinski definition) is 1. The van der Waals surface area contributed by atoms with Crippen LogP contribution in [0.1, 0.15) is 22.9 Å². The molecule has 1 aromatic heterocycles. The zero-order valence-electron chi connectivity index (χ0n) is 9.80. The van der Waals surface area contributed by atoms with E-state index in [1.807, 2.05) is 41.8 Å². The predicted molar refractivity (Wildman–Crippen MR) is 79.2 cm³/mol. The van der Waals surface area contributed by atoms with Gasteiger partial charge in [0, 0.05) is 16.6 Å². The first-order valence-corrected chi connectivity index (χ1v) is 7.75. The van der Waals surface area contributed by atoms with Gasteiger partial charge in [0.2, 0.25) is 5.91 Å². The topological polar surface area (TPSA) is 29.1 Å². The van der Waals surface area contributed by atoms with E-state index in [4.69, 9.17) is 0 Å². The zero-order chi connectivity index (χ0) is 12.8. The summed E-state index contributed by atoms with van der Waals surface area (Å²) in [5, 5.41) is 5.79. The molecule has 0 aliphatic rings. The molecule has 1 heterocycles. The van der Waals surface area contributed by atoms with Crippen LogP contribution in [-0.2, 0) is 4.79 Å². The first kappa shape index (κ1) is 13.3. The van der Waals surface area contributed by atoms with Gasteiger partial charge in [-0.3, -0.25) is 4.79 Å². The quantitative estimate of drug-likeness (QED) is 0.834. The second-order valence-electron chi connectivity index (χ2n) is 3.87. The van der Waals surface area contributed by atoms with Crippen molar-refractivity contribution >= 4 is 33.2 Å². The second-order valence-corrected chi connectivity index (χ2v) is 5.64. The first-order chi connectivity index (χ1) is 8.81. The van der Waals surface area contributed by atoms with E-state index >= 15 is 0 Å². The molecule has 0 aliphatic carbocycles. The van der Waals surface area contributed by atoms with Crippen molar-refractivity contribution in [1.82, 2.24) is 5.32 Å². The van der Waals surface area contributed by atoms with Crippen molar-refractivity contribution < 1.29 is 4.79 Å². The number of hydrogen-bond acceptors (Lipinski definition) is 2. The summed E-state index contributed by atoms with van der Waals surface area (Å²) in [6.07, 6.45) is 0.495. The van der Waals surface area contributed by atoms with Crippen LogP contribution in [0.3, 0.4) is 0 Å². The number of amides is 1. The monoisotopic (exact) mass is 323 g/mol. The summed E-state index contributed by atoms with van der Waals surface area (Å²) in [5.74, 6) is 0.0640. The smallest absolute Gasteiger partial charge is 0.221 e. The van der Waals surface area contributed by atoms with Gasteiger partial charge in [-0.25, -0.2) is 0 Å². The van der Waals surface area contributed by atoms with Crippen LogP contribution in [0, 0.1) is 0 Å². The molecule has 2 aromatic rings. The highest BCUT2D eigenvalue weighted by atomic mass is 79.9. The molecule has 0 aliphatic heterocycles. The lowest BCUT2D eigenvalue weighted by Crippen LogP contribution is -2.28. The molecule has 0 radical (unpaired) electrons. The lowest BCUT2D eigenvalue weighted by atomic mass is 10.1. The standard InChI is InChI=1S/C14H14BrNOS/c15-9-8-13(17)16-14(12-7-4-10-18-12)11-5-2-1-3-6-11/h1-7,10,14H,8-9H2,(H,16,17). The summed E-state index contributed by atoms with van der Waals surface area (Å²) < 4.78 is 0. The summed E-state index contributed by atoms with van der Waals surface area (Å²) >= 11 is 4.95. The van der Waals surface area contributed by atoms with Crippen molar-refractivity contribution in [3.05, 3.63) is 58.3 Å². The van der Waals surface area contributed by atoms with Gasteiger partial charge < -0.3 is 5.32 Å². The Kier molecular flexibility index (Phi) is 4.96. The Hall–Kier alpha value is -1.13. The molecule has 0 saturated heterocycles. The summed E-state index contributed by atoms with van der Waals surface area (Å²) in [7, 11) is 0. The molecule has 94 valence electrons. The van der Waals surface area contributed by atoms with E-state index < -0.39 is 0 Å². The maximum absolute atomic E-state index is 11.8. The number of carbonyl (C=O) groups is 1. The van der Waals surface area contributed by atoms with Gasteiger partial charge in [0.25, 0.3) is 0 Å². The fourth-order valence-corrected chi connectivity index (χ4v) is 2.90. The molecule has 0 spiro atoms. The Morgan fingerprint density at radius 3 is 2.61 bits per heavy atom. The van der Waals surface area contributed by atoms with Crippen molar-refractivity contribution in [3.63, 3.8) is 0 Å². The average molecular weight is 324 g/mol. The highest BCUT2D eigenvalue weighted by Gasteiger charge is 2.16. The van der Waals surface area contributed by atoms with Gasteiger partial charge in [0.1, 0.15) is 0 Å². The average Bonchev–Trinajstić information content (AvgIpc) is 2.91. The van der Waals surface area contributed by atoms with Gasteiger partial charge in [-0.1, -0.05) is 52.3 Å². The summed E-state index contributed by atoms with van der Waals surface area (Å²) in [6, 6.07) is 14.1. The van der Waals surface area contributed by atoms with Crippen molar-refractivity contribution in [1.29, 1.82) is 0 Å². The lowest BCUT2D eigenvalue weighted by Gasteiger charge is -2.17. The third-order valence-corrected chi connectivity index (χ3v) is 3.92. The molecule has 0 bridgehead atoms. The van der Waals surface area contributed by atoms with Crippen LogP contribution >= 0.6 is 27.3 Å². The van der Waals surface area contributed by atoms with Gasteiger partial charge in [-0.15, -0.1) is 11.3 Å². The minimum Gasteiger partial charge on any atom is -0.344 e. The SMILES string of the molecule is O=C(CCBr)NC(c1ccccc1)c1cccs1. The van der Waals surface area contributed by atoms with Crippen LogP contribution in [-0.4, -0.2) is 11.2 Å². The van der Waals surface area contributed by atoms with E-state index in [0.29, 0.717) is 11.8 Å². The molecule has 1 atom stereocenters. The van der Waals surface area contributed by atoms with Gasteiger partial charge in [-0.05, 0) is 17.0 Å². The molecule has 4 heteroatoms. The number of rotatable bonds is 5. The number of thiophene rings is 1. The van der Waals surface area contributed by atoms with Crippen molar-refractivity contribution in [2.45, 2.75) is 12.5 Å². The van der Waals surface area contributed by atoms with Crippen LogP contribution in [0.25, 0.3) is 0 Å². The first-order valence-electron chi connectivity index (χ1n) is 5.75. The summed E-state index contributed by atoms with van der Waals surface area (Å²) in [5.41, 5.74) is 1.11. The Bertz CT molecular complexity index is 484. The van der Waals surface area contributed by atoms with Crippen LogP contribution in [0.4, 0.5) is 0 Å². The Labute approximate surface area is 119 Å². The van der Waals surface area contributed by atoms with Crippen molar-refractivity contribution in [2.24, 2.45) is 0 Å². The third-order valence-electron chi connectivity index (χ3n) is 2.59. The number of nitrogens with one attached hydrogen (secondary N) is 1. The third kappa shape index (κ3) is 3.43. The normalized spacial score (nSPS) is 12.1. The number of benzene rings is 1. The fraction of sp³-hybridized carbons (Fsp3) is 0.214. The summed E-state index contributed by atoms with van der Waals surface area (Å²) in [6.45, 7) is 0. The van der Waals surface area contributed by atoms with E-state index in [2.05, 4.69) is 27.3 Å². The highest BCUT2D eigenvalue weighted by Crippen LogP contribution is 2.25. The Morgan fingerprint density at radius 2 is 2.00 bits per heavy atom. The molecule has 1 aromatic carbocycles. The number of carbonyl (C=O) groups excluding carboxylic acids is 1. The largest absolute Gasteiger partial charge is 0.344 e. The minimum atomic E-state index is -0.0438. The maximum Gasteiger partial charge on any atom is 0.221 e. The molecule has 1 unspecified atom stereocenters. The molecule has 1 N–H and O–H groups in total. The van der Waals surface area contributed by atoms with E-state index in [9.17, 15) is 4.79 Å². The number of alkyl halides is 1. The van der Waals surface area contributed by atoms with E-state index in [0.717, 1.165) is 10.4 Å². The molecule has 0 fully saturated rings. The Balaban J connectivity index is 2.22. The van der Waals surface area contributed by atoms with E-state index in [1.165, 1.54) is 0 Å². The van der Waals surface area contributed by atoms with Gasteiger partial charge >= 0.3 is 0 Å². The molecular formula is C14H14BrNOS. The molecule has 18 heavy (non-hydrogen) atoms. The van der Waals surface area contributed by atoms with Gasteiger partial charge in [0.05, 0.1) is 6.04 Å². The Morgan fingerprint density at radius 1 is 1.22 bits per heavy atom. The van der Waals surface area contributed by atoms with Crippen molar-refractivity contribution in [3.8, 4) is 0 Å². The zero-order valence-corrected chi connectivity index (χ0v) is 12.2. The van der Waals surface area contributed by atoms with Crippen LogP contribution in [0.15, 0.2) is 47.8 Å². The molecule has 2 rings (SSSR count). The molecular weight excluding hydrogens is 310 g/mol. The molecule has 2 nitrogen and oxygen atoms in total. The molecule has 1 amide bonds. The minimum absolute atomic E-state index is 0.0438. The van der Waals surface area contributed by atoms with Gasteiger partial charge in [0.15, 0.2) is 0 Å². The van der Waals surface area contributed by atoms with Crippen molar-refractivity contribution in [2.75, 3.05) is 5.33 Å². The lowest BCUT2D eigenvalue weighted by molar-refractivity contribution is -0.121. The predicted octanol–water partition coefficient (Wildman–Crippen LogP) is 3.74. The van der Waals surface area contributed by atoms with Crippen LogP contribution in [0.2, 0.25) is 0 Å². The van der Waals surface area contributed by atoms with E-state index in [-0.39, 0.29) is 11.9 Å². The highest BCUT2D eigenvalue weighted by molar-refractivity contribution is 9.09. The van der Waals surface area contributed by atoms with Crippen LogP contribution < -0.4 is 5.32 Å². The van der Waals surface area contributed by atoms with Crippen LogP contribution in [0.5, 0.6) is 0 Å². The maximum atomic E-state index is 11.8. The van der Waals surface area contributed by atoms with Gasteiger partial charge in [-0.2, -0.15) is 0 Å². The molecule has 0 saturated carbocycles. The fourth-order valence-electron chi connectivity index (χ4n) is 1.74. The number of halogens is 1.